The molecule has 0 radical (unpaired) electrons. The Morgan fingerprint density at radius 3 is 2.56 bits per heavy atom. The standard InChI is InChI=1S/C25H25BrClN5O4/c1-3-34-23-7-5-17(11-24(23)35-4-2)14-32-15-19(13-28-32)29-25(33)21-9-10-31(30-21)16-36-22-8-6-18(26)12-20(22)27/h5-13,15H,3-4,14,16H2,1-2H3,(H,29,33). The van der Waals surface area contributed by atoms with Crippen molar-refractivity contribution in [2.75, 3.05) is 18.5 Å². The summed E-state index contributed by atoms with van der Waals surface area (Å²) < 4.78 is 21.1. The van der Waals surface area contributed by atoms with Gasteiger partial charge in [-0.2, -0.15) is 10.2 Å². The molecule has 2 heterocycles. The molecule has 0 fully saturated rings. The molecule has 0 spiro atoms. The summed E-state index contributed by atoms with van der Waals surface area (Å²) in [7, 11) is 0. The Balaban J connectivity index is 1.34. The Hall–Kier alpha value is -3.50. The van der Waals surface area contributed by atoms with Gasteiger partial charge < -0.3 is 19.5 Å². The number of rotatable bonds is 11. The quantitative estimate of drug-likeness (QED) is 0.250. The van der Waals surface area contributed by atoms with E-state index in [1.807, 2.05) is 38.1 Å². The third kappa shape index (κ3) is 6.58. The van der Waals surface area contributed by atoms with Crippen molar-refractivity contribution < 1.29 is 19.0 Å². The number of carbonyl (C=O) groups is 1. The minimum atomic E-state index is -0.352. The topological polar surface area (TPSA) is 92.4 Å². The van der Waals surface area contributed by atoms with E-state index in [1.54, 1.807) is 41.5 Å². The van der Waals surface area contributed by atoms with Gasteiger partial charge in [0.15, 0.2) is 23.9 Å². The van der Waals surface area contributed by atoms with Gasteiger partial charge in [0.2, 0.25) is 0 Å². The van der Waals surface area contributed by atoms with E-state index in [2.05, 4.69) is 31.4 Å². The predicted molar refractivity (Wildman–Crippen MR) is 140 cm³/mol. The lowest BCUT2D eigenvalue weighted by molar-refractivity contribution is 0.102. The zero-order chi connectivity index (χ0) is 25.5. The molecule has 11 heteroatoms. The van der Waals surface area contributed by atoms with Crippen molar-refractivity contribution in [2.24, 2.45) is 0 Å². The maximum Gasteiger partial charge on any atom is 0.276 e. The molecule has 188 valence electrons. The van der Waals surface area contributed by atoms with Crippen LogP contribution in [0.4, 0.5) is 5.69 Å². The molecule has 0 aliphatic carbocycles. The van der Waals surface area contributed by atoms with Crippen LogP contribution < -0.4 is 19.5 Å². The molecule has 0 saturated carbocycles. The van der Waals surface area contributed by atoms with Crippen LogP contribution in [0.5, 0.6) is 17.2 Å². The van der Waals surface area contributed by atoms with Gasteiger partial charge in [-0.1, -0.05) is 33.6 Å². The molecule has 36 heavy (non-hydrogen) atoms. The molecule has 9 nitrogen and oxygen atoms in total. The van der Waals surface area contributed by atoms with Crippen molar-refractivity contribution in [3.05, 3.63) is 81.8 Å². The minimum absolute atomic E-state index is 0.110. The summed E-state index contributed by atoms with van der Waals surface area (Å²) in [6.45, 7) is 5.58. The van der Waals surface area contributed by atoms with Crippen molar-refractivity contribution in [1.82, 2.24) is 19.6 Å². The van der Waals surface area contributed by atoms with E-state index in [9.17, 15) is 4.79 Å². The van der Waals surface area contributed by atoms with Crippen LogP contribution in [0.2, 0.25) is 5.02 Å². The molecule has 0 bridgehead atoms. The highest BCUT2D eigenvalue weighted by molar-refractivity contribution is 9.10. The van der Waals surface area contributed by atoms with Crippen LogP contribution in [0.1, 0.15) is 29.9 Å². The fraction of sp³-hybridized carbons (Fsp3) is 0.240. The Labute approximate surface area is 222 Å². The van der Waals surface area contributed by atoms with Gasteiger partial charge in [0.1, 0.15) is 5.75 Å². The Morgan fingerprint density at radius 2 is 1.78 bits per heavy atom. The van der Waals surface area contributed by atoms with Gasteiger partial charge in [-0.25, -0.2) is 4.68 Å². The van der Waals surface area contributed by atoms with Gasteiger partial charge in [-0.05, 0) is 55.8 Å². The third-order valence-electron chi connectivity index (χ3n) is 4.96. The number of anilines is 1. The Morgan fingerprint density at radius 1 is 1.00 bits per heavy atom. The lowest BCUT2D eigenvalue weighted by Gasteiger charge is -2.12. The van der Waals surface area contributed by atoms with E-state index >= 15 is 0 Å². The van der Waals surface area contributed by atoms with Gasteiger partial charge >= 0.3 is 0 Å². The maximum absolute atomic E-state index is 12.7. The molecule has 0 aliphatic rings. The second kappa shape index (κ2) is 12.0. The third-order valence-corrected chi connectivity index (χ3v) is 5.75. The first kappa shape index (κ1) is 25.6. The van der Waals surface area contributed by atoms with Crippen molar-refractivity contribution >= 4 is 39.1 Å². The number of aromatic nitrogens is 4. The van der Waals surface area contributed by atoms with Crippen molar-refractivity contribution in [1.29, 1.82) is 0 Å². The molecule has 0 saturated heterocycles. The van der Waals surface area contributed by atoms with Gasteiger partial charge in [0.25, 0.3) is 5.91 Å². The van der Waals surface area contributed by atoms with Crippen LogP contribution in [0.3, 0.4) is 0 Å². The summed E-state index contributed by atoms with van der Waals surface area (Å²) in [5.74, 6) is 1.57. The Kier molecular flexibility index (Phi) is 8.50. The zero-order valence-electron chi connectivity index (χ0n) is 19.8. The normalized spacial score (nSPS) is 10.8. The summed E-state index contributed by atoms with van der Waals surface area (Å²) in [5, 5.41) is 11.9. The molecule has 4 rings (SSSR count). The summed E-state index contributed by atoms with van der Waals surface area (Å²) in [6.07, 6.45) is 5.00. The first-order chi connectivity index (χ1) is 17.4. The van der Waals surface area contributed by atoms with E-state index in [0.717, 1.165) is 10.0 Å². The fourth-order valence-electron chi connectivity index (χ4n) is 3.37. The summed E-state index contributed by atoms with van der Waals surface area (Å²) in [5.41, 5.74) is 1.80. The highest BCUT2D eigenvalue weighted by Crippen LogP contribution is 2.29. The second-order valence-electron chi connectivity index (χ2n) is 7.62. The highest BCUT2D eigenvalue weighted by atomic mass is 79.9. The minimum Gasteiger partial charge on any atom is -0.490 e. The van der Waals surface area contributed by atoms with Crippen LogP contribution in [0.15, 0.2) is 65.5 Å². The van der Waals surface area contributed by atoms with Gasteiger partial charge in [-0.15, -0.1) is 0 Å². The van der Waals surface area contributed by atoms with Crippen LogP contribution in [-0.2, 0) is 13.3 Å². The summed E-state index contributed by atoms with van der Waals surface area (Å²) in [6, 6.07) is 12.7. The number of hydrogen-bond donors (Lipinski definition) is 1. The molecule has 1 amide bonds. The van der Waals surface area contributed by atoms with E-state index in [-0.39, 0.29) is 18.3 Å². The molecule has 0 atom stereocenters. The largest absolute Gasteiger partial charge is 0.490 e. The Bertz CT molecular complexity index is 1340. The molecular weight excluding hydrogens is 550 g/mol. The smallest absolute Gasteiger partial charge is 0.276 e. The number of carbonyl (C=O) groups excluding carboxylic acids is 1. The number of nitrogens with zero attached hydrogens (tertiary/aromatic N) is 4. The monoisotopic (exact) mass is 573 g/mol. The summed E-state index contributed by atoms with van der Waals surface area (Å²) >= 11 is 9.52. The van der Waals surface area contributed by atoms with Crippen LogP contribution >= 0.6 is 27.5 Å². The number of ether oxygens (including phenoxy) is 3. The lowest BCUT2D eigenvalue weighted by Crippen LogP contribution is -2.14. The molecule has 4 aromatic rings. The highest BCUT2D eigenvalue weighted by Gasteiger charge is 2.13. The predicted octanol–water partition coefficient (Wildman–Crippen LogP) is 5.63. The SMILES string of the molecule is CCOc1ccc(Cn2cc(NC(=O)c3ccn(COc4ccc(Br)cc4Cl)n3)cn2)cc1OCC. The number of benzene rings is 2. The second-order valence-corrected chi connectivity index (χ2v) is 8.94. The van der Waals surface area contributed by atoms with Gasteiger partial charge in [0, 0.05) is 16.9 Å². The number of nitrogens with one attached hydrogen (secondary N) is 1. The van der Waals surface area contributed by atoms with Crippen LogP contribution in [0, 0.1) is 0 Å². The van der Waals surface area contributed by atoms with E-state index in [4.69, 9.17) is 25.8 Å². The molecule has 1 N–H and O–H groups in total. The van der Waals surface area contributed by atoms with Crippen molar-refractivity contribution in [2.45, 2.75) is 27.1 Å². The average Bonchev–Trinajstić information content (AvgIpc) is 3.50. The fourth-order valence-corrected chi connectivity index (χ4v) is 4.10. The average molecular weight is 575 g/mol. The molecule has 0 unspecified atom stereocenters. The maximum atomic E-state index is 12.7. The first-order valence-corrected chi connectivity index (χ1v) is 12.5. The van der Waals surface area contributed by atoms with Crippen LogP contribution in [0.25, 0.3) is 0 Å². The van der Waals surface area contributed by atoms with Crippen molar-refractivity contribution in [3.63, 3.8) is 0 Å². The number of hydrogen-bond acceptors (Lipinski definition) is 6. The number of halogens is 2. The molecular formula is C25H25BrClN5O4. The lowest BCUT2D eigenvalue weighted by atomic mass is 10.2. The van der Waals surface area contributed by atoms with E-state index < -0.39 is 0 Å². The molecule has 0 aliphatic heterocycles. The van der Waals surface area contributed by atoms with Gasteiger partial charge in [0.05, 0.1) is 36.7 Å². The number of amides is 1. The van der Waals surface area contributed by atoms with Crippen LogP contribution in [-0.4, -0.2) is 38.7 Å². The first-order valence-electron chi connectivity index (χ1n) is 11.3. The van der Waals surface area contributed by atoms with E-state index in [1.165, 1.54) is 4.68 Å². The molecule has 2 aromatic heterocycles. The summed E-state index contributed by atoms with van der Waals surface area (Å²) in [4.78, 5) is 12.7. The van der Waals surface area contributed by atoms with Gasteiger partial charge in [-0.3, -0.25) is 9.48 Å². The zero-order valence-corrected chi connectivity index (χ0v) is 22.1. The van der Waals surface area contributed by atoms with Crippen molar-refractivity contribution in [3.8, 4) is 17.2 Å². The molecule has 2 aromatic carbocycles. The van der Waals surface area contributed by atoms with E-state index in [0.29, 0.717) is 47.7 Å².